The molecule has 0 aromatic rings. The molecular formula is C3H6N2O4Pt. The quantitative estimate of drug-likeness (QED) is 0.556. The predicted octanol–water partition coefficient (Wildman–Crippen LogP) is -1.69. The summed E-state index contributed by atoms with van der Waals surface area (Å²) in [7, 11) is 0. The first-order chi connectivity index (χ1) is 3.13. The molecule has 0 saturated carbocycles. The Hall–Kier alpha value is -0.452. The molecule has 0 amide bonds. The van der Waals surface area contributed by atoms with Gasteiger partial charge in [0.05, 0.1) is 0 Å². The molecule has 0 aliphatic rings. The minimum Gasteiger partial charge on any atom is -0.693 e. The molecule has 7 heteroatoms. The molecule has 0 spiro atoms. The van der Waals surface area contributed by atoms with Crippen LogP contribution in [0.3, 0.4) is 0 Å². The van der Waals surface area contributed by atoms with Gasteiger partial charge in [-0.1, -0.05) is 0 Å². The van der Waals surface area contributed by atoms with Crippen LogP contribution in [0.4, 0.5) is 0 Å². The second-order valence-electron chi connectivity index (χ2n) is 0.921. The van der Waals surface area contributed by atoms with Crippen LogP contribution in [0.5, 0.6) is 0 Å². The van der Waals surface area contributed by atoms with Crippen LogP contribution in [0, 0.1) is 0 Å². The predicted molar refractivity (Wildman–Crippen MR) is 25.2 cm³/mol. The van der Waals surface area contributed by atoms with Gasteiger partial charge in [-0.2, -0.15) is 0 Å². The number of nitrogens with two attached hydrogens (primary N) is 2. The summed E-state index contributed by atoms with van der Waals surface area (Å²) >= 11 is 0. The van der Waals surface area contributed by atoms with Crippen molar-refractivity contribution >= 4 is 11.9 Å². The Balaban J connectivity index is -0.0000000600. The van der Waals surface area contributed by atoms with Gasteiger partial charge in [-0.3, -0.25) is 0 Å². The fourth-order valence-electron chi connectivity index (χ4n) is 0.118. The molecule has 0 rings (SSSR count). The number of aliphatic carboxylic acids is 2. The van der Waals surface area contributed by atoms with Gasteiger partial charge in [0.25, 0.3) is 0 Å². The van der Waals surface area contributed by atoms with Gasteiger partial charge in [0.2, 0.25) is 0 Å². The van der Waals surface area contributed by atoms with Crippen LogP contribution in [0.15, 0.2) is 0 Å². The molecule has 0 atom stereocenters. The van der Waals surface area contributed by atoms with E-state index in [1.165, 1.54) is 0 Å². The molecule has 4 N–H and O–H groups in total. The maximum absolute atomic E-state index is 9.28. The number of carbonyl (C=O) groups excluding carboxylic acids is 2. The zero-order valence-corrected chi connectivity index (χ0v) is 7.08. The number of hydrogen-bond acceptors (Lipinski definition) is 4. The molecule has 62 valence electrons. The van der Waals surface area contributed by atoms with E-state index >= 15 is 0 Å². The minimum atomic E-state index is -1.63. The smallest absolute Gasteiger partial charge is 0.693 e. The van der Waals surface area contributed by atoms with Crippen LogP contribution in [0.2, 0.25) is 0 Å². The Kier molecular flexibility index (Phi) is 25.7. The fraction of sp³-hybridized carbons (Fsp3) is 0.333. The van der Waals surface area contributed by atoms with Crippen molar-refractivity contribution in [2.45, 2.75) is 6.42 Å². The topological polar surface area (TPSA) is 147 Å². The van der Waals surface area contributed by atoms with Gasteiger partial charge in [-0.25, -0.2) is 0 Å². The summed E-state index contributed by atoms with van der Waals surface area (Å²) in [6.45, 7) is 0. The molecule has 0 unspecified atom stereocenters. The van der Waals surface area contributed by atoms with Crippen molar-refractivity contribution < 1.29 is 40.9 Å². The monoisotopic (exact) mass is 329 g/mol. The normalized spacial score (nSPS) is 5.60. The molecule has 0 aliphatic carbocycles. The molecule has 0 radical (unpaired) electrons. The first kappa shape index (κ1) is 22.7. The number of rotatable bonds is 2. The summed E-state index contributed by atoms with van der Waals surface area (Å²) in [6.07, 6.45) is -1.03. The van der Waals surface area contributed by atoms with Gasteiger partial charge in [0, 0.05) is 18.4 Å². The molecular weight excluding hydrogens is 323 g/mol. The fourth-order valence-corrected chi connectivity index (χ4v) is 0.118. The largest absolute Gasteiger partial charge is 4.00 e. The van der Waals surface area contributed by atoms with Crippen molar-refractivity contribution in [1.82, 2.24) is 0 Å². The second kappa shape index (κ2) is 11.4. The Morgan fingerprint density at radius 3 is 1.20 bits per heavy atom. The van der Waals surface area contributed by atoms with E-state index < -0.39 is 18.4 Å². The van der Waals surface area contributed by atoms with E-state index in [0.29, 0.717) is 0 Å². The average molecular weight is 329 g/mol. The third-order valence-electron chi connectivity index (χ3n) is 0.289. The standard InChI is InChI=1S/C3H4O4.2H2N.Pt/c4-2(5)1-3(6)7;;;/h1H2,(H,4,5)(H,6,7);2*1H2;/q;2*-1;+4/p-2. The molecule has 0 aromatic carbocycles. The SMILES string of the molecule is O=C([O-])CC(=O)[O-].[NH2-].[NH2-].[Pt+4]. The Bertz CT molecular complexity index is 94.7. The van der Waals surface area contributed by atoms with Crippen LogP contribution in [0.1, 0.15) is 6.42 Å². The van der Waals surface area contributed by atoms with Crippen molar-refractivity contribution in [3.05, 3.63) is 12.3 Å². The Morgan fingerprint density at radius 1 is 1.00 bits per heavy atom. The van der Waals surface area contributed by atoms with Crippen molar-refractivity contribution in [2.75, 3.05) is 0 Å². The van der Waals surface area contributed by atoms with Crippen LogP contribution < -0.4 is 10.2 Å². The Morgan fingerprint density at radius 2 is 1.20 bits per heavy atom. The molecule has 0 saturated heterocycles. The zero-order chi connectivity index (χ0) is 5.86. The van der Waals surface area contributed by atoms with E-state index in [2.05, 4.69) is 0 Å². The summed E-state index contributed by atoms with van der Waals surface area (Å²) in [6, 6.07) is 0. The second-order valence-corrected chi connectivity index (χ2v) is 0.921. The molecule has 0 bridgehead atoms. The van der Waals surface area contributed by atoms with Crippen LogP contribution in [-0.2, 0) is 30.7 Å². The number of carboxylic acids is 2. The summed E-state index contributed by atoms with van der Waals surface area (Å²) in [4.78, 5) is 18.6. The molecule has 0 aliphatic heterocycles. The first-order valence-corrected chi connectivity index (χ1v) is 1.52. The molecule has 6 nitrogen and oxygen atoms in total. The molecule has 0 aromatic heterocycles. The van der Waals surface area contributed by atoms with Crippen LogP contribution in [-0.4, -0.2) is 11.9 Å². The van der Waals surface area contributed by atoms with E-state index in [1.54, 1.807) is 0 Å². The number of carboxylic acid groups (broad SMARTS) is 2. The maximum Gasteiger partial charge on any atom is 4.00 e. The summed E-state index contributed by atoms with van der Waals surface area (Å²) in [5.74, 6) is -3.25. The van der Waals surface area contributed by atoms with Crippen LogP contribution in [0.25, 0.3) is 12.3 Å². The van der Waals surface area contributed by atoms with E-state index in [1.807, 2.05) is 0 Å². The number of hydrogen-bond donors (Lipinski definition) is 0. The maximum atomic E-state index is 9.28. The minimum absolute atomic E-state index is 0. The first-order valence-electron chi connectivity index (χ1n) is 1.52. The van der Waals surface area contributed by atoms with Crippen molar-refractivity contribution in [2.24, 2.45) is 0 Å². The molecule has 0 heterocycles. The van der Waals surface area contributed by atoms with E-state index in [4.69, 9.17) is 0 Å². The van der Waals surface area contributed by atoms with Crippen molar-refractivity contribution in [3.8, 4) is 0 Å². The van der Waals surface area contributed by atoms with Crippen LogP contribution >= 0.6 is 0 Å². The van der Waals surface area contributed by atoms with E-state index in [9.17, 15) is 19.8 Å². The van der Waals surface area contributed by atoms with Gasteiger partial charge < -0.3 is 32.1 Å². The zero-order valence-electron chi connectivity index (χ0n) is 4.81. The van der Waals surface area contributed by atoms with Crippen molar-refractivity contribution in [3.63, 3.8) is 0 Å². The van der Waals surface area contributed by atoms with E-state index in [0.717, 1.165) is 0 Å². The Labute approximate surface area is 72.0 Å². The van der Waals surface area contributed by atoms with Gasteiger partial charge in [0.15, 0.2) is 0 Å². The summed E-state index contributed by atoms with van der Waals surface area (Å²) < 4.78 is 0. The average Bonchev–Trinajstić information content (AvgIpc) is 1.27. The van der Waals surface area contributed by atoms with Crippen molar-refractivity contribution in [1.29, 1.82) is 0 Å². The van der Waals surface area contributed by atoms with Gasteiger partial charge >= 0.3 is 21.1 Å². The van der Waals surface area contributed by atoms with Gasteiger partial charge in [0.1, 0.15) is 0 Å². The number of carbonyl (C=O) groups is 2. The summed E-state index contributed by atoms with van der Waals surface area (Å²) in [5, 5.41) is 18.6. The molecule has 0 fully saturated rings. The third-order valence-corrected chi connectivity index (χ3v) is 0.289. The summed E-state index contributed by atoms with van der Waals surface area (Å²) in [5.41, 5.74) is 0. The third kappa shape index (κ3) is 25.7. The molecule has 10 heavy (non-hydrogen) atoms. The van der Waals surface area contributed by atoms with E-state index in [-0.39, 0.29) is 33.4 Å². The van der Waals surface area contributed by atoms with Gasteiger partial charge in [-0.15, -0.1) is 0 Å². The van der Waals surface area contributed by atoms with Gasteiger partial charge in [-0.05, 0) is 0 Å².